The third-order valence-electron chi connectivity index (χ3n) is 9.89. The second-order valence-electron chi connectivity index (χ2n) is 15.2. The lowest BCUT2D eigenvalue weighted by Gasteiger charge is -2.20. The van der Waals surface area contributed by atoms with Gasteiger partial charge in [0.25, 0.3) is 0 Å². The predicted molar refractivity (Wildman–Crippen MR) is 225 cm³/mol. The van der Waals surface area contributed by atoms with Crippen molar-refractivity contribution in [2.75, 3.05) is 33.4 Å². The Morgan fingerprint density at radius 2 is 0.944 bits per heavy atom. The van der Waals surface area contributed by atoms with Crippen LogP contribution in [0, 0.1) is 0 Å². The highest BCUT2D eigenvalue weighted by atomic mass is 31.2. The summed E-state index contributed by atoms with van der Waals surface area (Å²) in [5.74, 6) is -0.798. The Balaban J connectivity index is 4.11. The first-order valence-corrected chi connectivity index (χ1v) is 24.1. The molecule has 10 heteroatoms. The van der Waals surface area contributed by atoms with Crippen LogP contribution in [0.5, 0.6) is 0 Å². The number of rotatable bonds is 43. The molecule has 0 aliphatic heterocycles. The number of hydrogen-bond donors (Lipinski definition) is 2. The standard InChI is InChI=1S/C44H86NO8P/c1-4-6-8-10-12-14-16-17-18-19-20-21-22-23-24-25-27-29-31-33-35-37-44(47)53-42(41-52-54(48,49)51-39-38-45-3)40-50-43(46)36-34-32-30-28-26-15-13-11-9-7-5-2/h17-18,42,45H,4-16,19-41H2,1-3H3,(H,48,49)/b18-17-. The first-order valence-electron chi connectivity index (χ1n) is 22.6. The third kappa shape index (κ3) is 40.4. The van der Waals surface area contributed by atoms with E-state index in [-0.39, 0.29) is 25.6 Å². The Labute approximate surface area is 332 Å². The minimum Gasteiger partial charge on any atom is -0.462 e. The summed E-state index contributed by atoms with van der Waals surface area (Å²) in [6.07, 6.45) is 41.1. The number of allylic oxidation sites excluding steroid dienone is 2. The summed E-state index contributed by atoms with van der Waals surface area (Å²) in [5, 5.41) is 2.83. The molecular formula is C44H86NO8P. The number of nitrogens with one attached hydrogen (secondary N) is 1. The maximum absolute atomic E-state index is 12.6. The molecule has 0 heterocycles. The predicted octanol–water partition coefficient (Wildman–Crippen LogP) is 12.9. The van der Waals surface area contributed by atoms with Crippen LogP contribution >= 0.6 is 7.82 Å². The molecule has 0 aromatic heterocycles. The van der Waals surface area contributed by atoms with Crippen molar-refractivity contribution in [2.45, 2.75) is 225 Å². The molecule has 0 saturated carbocycles. The first kappa shape index (κ1) is 52.8. The SMILES string of the molecule is CCCCCCCC/C=C\CCCCCCCCCCCCCC(=O)OC(COC(=O)CCCCCCCCCCCCC)COP(=O)(O)OCCNC. The number of phosphoric ester groups is 1. The van der Waals surface area contributed by atoms with Gasteiger partial charge in [-0.2, -0.15) is 0 Å². The highest BCUT2D eigenvalue weighted by molar-refractivity contribution is 7.47. The molecule has 0 saturated heterocycles. The Hall–Kier alpha value is -1.25. The van der Waals surface area contributed by atoms with Crippen LogP contribution in [0.2, 0.25) is 0 Å². The monoisotopic (exact) mass is 788 g/mol. The number of likely N-dealkylation sites (N-methyl/N-ethyl adjacent to an activating group) is 1. The summed E-state index contributed by atoms with van der Waals surface area (Å²) in [5.41, 5.74) is 0. The van der Waals surface area contributed by atoms with Crippen LogP contribution < -0.4 is 5.32 Å². The van der Waals surface area contributed by atoms with Crippen molar-refractivity contribution in [3.63, 3.8) is 0 Å². The van der Waals surface area contributed by atoms with Crippen molar-refractivity contribution >= 4 is 19.8 Å². The Kier molecular flexibility index (Phi) is 40.4. The fourth-order valence-corrected chi connectivity index (χ4v) is 7.18. The molecule has 0 fully saturated rings. The number of carbonyl (C=O) groups is 2. The fourth-order valence-electron chi connectivity index (χ4n) is 6.43. The molecule has 0 aromatic carbocycles. The maximum atomic E-state index is 12.6. The van der Waals surface area contributed by atoms with Gasteiger partial charge in [0.15, 0.2) is 6.10 Å². The van der Waals surface area contributed by atoms with Crippen LogP contribution in [-0.4, -0.2) is 56.3 Å². The molecule has 2 unspecified atom stereocenters. The number of carbonyl (C=O) groups excluding carboxylic acids is 2. The zero-order valence-electron chi connectivity index (χ0n) is 35.4. The second kappa shape index (κ2) is 41.4. The van der Waals surface area contributed by atoms with Crippen LogP contribution in [0.4, 0.5) is 0 Å². The van der Waals surface area contributed by atoms with Crippen LogP contribution in [0.15, 0.2) is 12.2 Å². The van der Waals surface area contributed by atoms with Gasteiger partial charge in [-0.15, -0.1) is 0 Å². The molecule has 0 amide bonds. The summed E-state index contributed by atoms with van der Waals surface area (Å²) in [7, 11) is -2.64. The van der Waals surface area contributed by atoms with Gasteiger partial charge in [0.1, 0.15) is 6.61 Å². The van der Waals surface area contributed by atoms with Gasteiger partial charge in [-0.05, 0) is 45.6 Å². The molecule has 2 atom stereocenters. The van der Waals surface area contributed by atoms with E-state index in [9.17, 15) is 19.0 Å². The van der Waals surface area contributed by atoms with Crippen molar-refractivity contribution in [1.82, 2.24) is 5.32 Å². The summed E-state index contributed by atoms with van der Waals surface area (Å²) >= 11 is 0. The van der Waals surface area contributed by atoms with Gasteiger partial charge in [0.2, 0.25) is 0 Å². The first-order chi connectivity index (χ1) is 26.3. The van der Waals surface area contributed by atoms with E-state index in [1.54, 1.807) is 7.05 Å². The molecule has 0 spiro atoms. The minimum atomic E-state index is -4.34. The molecule has 2 N–H and O–H groups in total. The Morgan fingerprint density at radius 1 is 0.556 bits per heavy atom. The van der Waals surface area contributed by atoms with Crippen LogP contribution in [0.3, 0.4) is 0 Å². The number of unbranched alkanes of at least 4 members (excludes halogenated alkanes) is 27. The van der Waals surface area contributed by atoms with Crippen molar-refractivity contribution < 1.29 is 37.6 Å². The van der Waals surface area contributed by atoms with E-state index in [2.05, 4.69) is 31.3 Å². The Morgan fingerprint density at radius 3 is 1.37 bits per heavy atom. The normalized spacial score (nSPS) is 13.3. The van der Waals surface area contributed by atoms with Gasteiger partial charge >= 0.3 is 19.8 Å². The molecule has 0 radical (unpaired) electrons. The van der Waals surface area contributed by atoms with Crippen molar-refractivity contribution in [2.24, 2.45) is 0 Å². The lowest BCUT2D eigenvalue weighted by Crippen LogP contribution is -2.29. The van der Waals surface area contributed by atoms with Gasteiger partial charge < -0.3 is 19.7 Å². The van der Waals surface area contributed by atoms with Crippen molar-refractivity contribution in [1.29, 1.82) is 0 Å². The largest absolute Gasteiger partial charge is 0.472 e. The molecule has 0 aromatic rings. The zero-order chi connectivity index (χ0) is 39.6. The third-order valence-corrected chi connectivity index (χ3v) is 10.9. The summed E-state index contributed by atoms with van der Waals surface area (Å²) in [6, 6.07) is 0. The minimum absolute atomic E-state index is 0.0137. The molecule has 320 valence electrons. The van der Waals surface area contributed by atoms with Crippen LogP contribution in [0.1, 0.15) is 219 Å². The average Bonchev–Trinajstić information content (AvgIpc) is 3.15. The lowest BCUT2D eigenvalue weighted by molar-refractivity contribution is -0.161. The second-order valence-corrected chi connectivity index (χ2v) is 16.7. The number of phosphoric acid groups is 1. The topological polar surface area (TPSA) is 120 Å². The number of hydrogen-bond acceptors (Lipinski definition) is 8. The van der Waals surface area contributed by atoms with Gasteiger partial charge in [0.05, 0.1) is 13.2 Å². The van der Waals surface area contributed by atoms with Crippen molar-refractivity contribution in [3.8, 4) is 0 Å². The molecule has 54 heavy (non-hydrogen) atoms. The molecule has 0 rings (SSSR count). The van der Waals surface area contributed by atoms with E-state index >= 15 is 0 Å². The molecule has 0 aliphatic rings. The van der Waals surface area contributed by atoms with E-state index in [1.165, 1.54) is 154 Å². The highest BCUT2D eigenvalue weighted by Gasteiger charge is 2.26. The summed E-state index contributed by atoms with van der Waals surface area (Å²) in [4.78, 5) is 35.0. The fraction of sp³-hybridized carbons (Fsp3) is 0.909. The quantitative estimate of drug-likeness (QED) is 0.0269. The van der Waals surface area contributed by atoms with E-state index in [0.29, 0.717) is 19.4 Å². The molecule has 0 aliphatic carbocycles. The number of esters is 2. The van der Waals surface area contributed by atoms with Crippen molar-refractivity contribution in [3.05, 3.63) is 12.2 Å². The van der Waals surface area contributed by atoms with Gasteiger partial charge in [0, 0.05) is 19.4 Å². The number of ether oxygens (including phenoxy) is 2. The Bertz CT molecular complexity index is 902. The van der Waals surface area contributed by atoms with E-state index < -0.39 is 26.5 Å². The molecule has 9 nitrogen and oxygen atoms in total. The van der Waals surface area contributed by atoms with Gasteiger partial charge in [-0.25, -0.2) is 4.57 Å². The van der Waals surface area contributed by atoms with Gasteiger partial charge in [-0.3, -0.25) is 18.6 Å². The van der Waals surface area contributed by atoms with Gasteiger partial charge in [-0.1, -0.05) is 180 Å². The zero-order valence-corrected chi connectivity index (χ0v) is 36.3. The van der Waals surface area contributed by atoms with E-state index in [0.717, 1.165) is 32.1 Å². The summed E-state index contributed by atoms with van der Waals surface area (Å²) in [6.45, 7) is 4.24. The molecule has 0 bridgehead atoms. The average molecular weight is 788 g/mol. The van der Waals surface area contributed by atoms with Crippen LogP contribution in [0.25, 0.3) is 0 Å². The van der Waals surface area contributed by atoms with Crippen LogP contribution in [-0.2, 0) is 32.7 Å². The lowest BCUT2D eigenvalue weighted by atomic mass is 10.0. The molecular weight excluding hydrogens is 701 g/mol. The smallest absolute Gasteiger partial charge is 0.462 e. The highest BCUT2D eigenvalue weighted by Crippen LogP contribution is 2.43. The van der Waals surface area contributed by atoms with E-state index in [1.807, 2.05) is 0 Å². The maximum Gasteiger partial charge on any atom is 0.472 e. The summed E-state index contributed by atoms with van der Waals surface area (Å²) < 4.78 is 33.2. The van der Waals surface area contributed by atoms with E-state index in [4.69, 9.17) is 18.5 Å².